The van der Waals surface area contributed by atoms with Gasteiger partial charge in [0.15, 0.2) is 0 Å². The maximum absolute atomic E-state index is 12.6. The molecule has 0 spiro atoms. The molecular weight excluding hydrogens is 384 g/mol. The van der Waals surface area contributed by atoms with Crippen LogP contribution in [-0.4, -0.2) is 40.2 Å². The zero-order valence-electron chi connectivity index (χ0n) is 16.8. The van der Waals surface area contributed by atoms with Crippen LogP contribution in [0.4, 0.5) is 0 Å². The summed E-state index contributed by atoms with van der Waals surface area (Å²) in [6, 6.07) is 8.37. The monoisotopic (exact) mass is 410 g/mol. The van der Waals surface area contributed by atoms with E-state index in [1.807, 2.05) is 25.5 Å². The molecule has 3 heterocycles. The van der Waals surface area contributed by atoms with Crippen molar-refractivity contribution >= 4 is 17.2 Å². The molecule has 7 heteroatoms. The van der Waals surface area contributed by atoms with Gasteiger partial charge in [-0.05, 0) is 41.8 Å². The van der Waals surface area contributed by atoms with Gasteiger partial charge in [0.05, 0.1) is 12.7 Å². The molecule has 1 aromatic carbocycles. The molecule has 1 aliphatic rings. The van der Waals surface area contributed by atoms with E-state index < -0.39 is 0 Å². The summed E-state index contributed by atoms with van der Waals surface area (Å²) in [6.07, 6.45) is 4.52. The van der Waals surface area contributed by atoms with E-state index >= 15 is 0 Å². The Hall–Kier alpha value is -2.64. The average molecular weight is 411 g/mol. The predicted octanol–water partition coefficient (Wildman–Crippen LogP) is 3.08. The largest absolute Gasteiger partial charge is 0.484 e. The number of nitrogens with one attached hydrogen (secondary N) is 1. The second kappa shape index (κ2) is 8.80. The lowest BCUT2D eigenvalue weighted by Gasteiger charge is -2.23. The molecule has 0 bridgehead atoms. The van der Waals surface area contributed by atoms with Crippen LogP contribution in [0.5, 0.6) is 5.75 Å². The van der Waals surface area contributed by atoms with Crippen LogP contribution >= 0.6 is 11.3 Å². The van der Waals surface area contributed by atoms with Crippen LogP contribution in [0.3, 0.4) is 0 Å². The predicted molar refractivity (Wildman–Crippen MR) is 114 cm³/mol. The fraction of sp³-hybridized carbons (Fsp3) is 0.364. The van der Waals surface area contributed by atoms with Crippen molar-refractivity contribution in [3.63, 3.8) is 0 Å². The van der Waals surface area contributed by atoms with Gasteiger partial charge in [0, 0.05) is 44.0 Å². The third kappa shape index (κ3) is 5.05. The zero-order chi connectivity index (χ0) is 20.2. The van der Waals surface area contributed by atoms with Gasteiger partial charge in [-0.25, -0.2) is 0 Å². The molecule has 0 saturated carbocycles. The standard InChI is InChI=1S/C22H26N4O2S/c1-16-3-4-20-19(9-16)12-26(13-21(28-20)18-6-8-29-15-18)14-22(27)23-7-5-17-10-24-25(2)11-17/h3-4,6,8-11,15,21H,5,7,12-14H2,1-2H3,(H,23,27). The second-order valence-corrected chi connectivity index (χ2v) is 8.35. The van der Waals surface area contributed by atoms with Gasteiger partial charge < -0.3 is 10.1 Å². The first kappa shape index (κ1) is 19.7. The Kier molecular flexibility index (Phi) is 5.97. The Labute approximate surface area is 175 Å². The Balaban J connectivity index is 1.41. The Bertz CT molecular complexity index is 967. The number of amides is 1. The first-order chi connectivity index (χ1) is 14.1. The van der Waals surface area contributed by atoms with Gasteiger partial charge in [0.1, 0.15) is 11.9 Å². The molecule has 4 rings (SSSR count). The van der Waals surface area contributed by atoms with E-state index in [-0.39, 0.29) is 12.0 Å². The molecule has 6 nitrogen and oxygen atoms in total. The fourth-order valence-corrected chi connectivity index (χ4v) is 4.34. The van der Waals surface area contributed by atoms with Crippen molar-refractivity contribution in [1.82, 2.24) is 20.0 Å². The highest BCUT2D eigenvalue weighted by Gasteiger charge is 2.26. The van der Waals surface area contributed by atoms with E-state index in [1.54, 1.807) is 16.0 Å². The topological polar surface area (TPSA) is 59.4 Å². The highest BCUT2D eigenvalue weighted by molar-refractivity contribution is 7.07. The summed E-state index contributed by atoms with van der Waals surface area (Å²) < 4.78 is 8.11. The molecule has 0 aliphatic carbocycles. The number of aromatic nitrogens is 2. The number of aryl methyl sites for hydroxylation is 2. The molecule has 0 saturated heterocycles. The van der Waals surface area contributed by atoms with Crippen LogP contribution in [0.1, 0.15) is 28.4 Å². The van der Waals surface area contributed by atoms with Gasteiger partial charge in [-0.1, -0.05) is 17.7 Å². The lowest BCUT2D eigenvalue weighted by molar-refractivity contribution is -0.122. The smallest absolute Gasteiger partial charge is 0.234 e. The van der Waals surface area contributed by atoms with Crippen LogP contribution in [0.25, 0.3) is 0 Å². The number of hydrogen-bond donors (Lipinski definition) is 1. The molecule has 1 N–H and O–H groups in total. The van der Waals surface area contributed by atoms with Crippen LogP contribution < -0.4 is 10.1 Å². The summed E-state index contributed by atoms with van der Waals surface area (Å²) in [6.45, 7) is 4.42. The molecule has 0 fully saturated rings. The molecule has 0 radical (unpaired) electrons. The molecule has 1 amide bonds. The summed E-state index contributed by atoms with van der Waals surface area (Å²) in [5.41, 5.74) is 4.61. The first-order valence-corrected chi connectivity index (χ1v) is 10.8. The van der Waals surface area contributed by atoms with Gasteiger partial charge >= 0.3 is 0 Å². The van der Waals surface area contributed by atoms with Crippen molar-refractivity contribution in [3.8, 4) is 5.75 Å². The Morgan fingerprint density at radius 1 is 1.38 bits per heavy atom. The molecular formula is C22H26N4O2S. The normalized spacial score (nSPS) is 16.7. The number of fused-ring (bicyclic) bond motifs is 1. The van der Waals surface area contributed by atoms with Crippen molar-refractivity contribution in [2.24, 2.45) is 7.05 Å². The van der Waals surface area contributed by atoms with Gasteiger partial charge in [0.2, 0.25) is 5.91 Å². The summed E-state index contributed by atoms with van der Waals surface area (Å²) in [4.78, 5) is 14.8. The van der Waals surface area contributed by atoms with Crippen molar-refractivity contribution in [2.45, 2.75) is 26.0 Å². The summed E-state index contributed by atoms with van der Waals surface area (Å²) in [5.74, 6) is 0.945. The van der Waals surface area contributed by atoms with E-state index in [0.717, 1.165) is 28.9 Å². The average Bonchev–Trinajstić information content (AvgIpc) is 3.31. The minimum absolute atomic E-state index is 0.0362. The number of carbonyl (C=O) groups is 1. The third-order valence-electron chi connectivity index (χ3n) is 5.08. The van der Waals surface area contributed by atoms with Crippen molar-refractivity contribution < 1.29 is 9.53 Å². The minimum atomic E-state index is -0.0756. The summed E-state index contributed by atoms with van der Waals surface area (Å²) in [5, 5.41) is 11.4. The van der Waals surface area contributed by atoms with E-state index in [9.17, 15) is 4.79 Å². The van der Waals surface area contributed by atoms with Crippen molar-refractivity contribution in [3.05, 3.63) is 69.7 Å². The molecule has 1 atom stereocenters. The first-order valence-electron chi connectivity index (χ1n) is 9.81. The fourth-order valence-electron chi connectivity index (χ4n) is 3.64. The number of nitrogens with zero attached hydrogens (tertiary/aromatic N) is 3. The molecule has 152 valence electrons. The maximum atomic E-state index is 12.6. The molecule has 2 aromatic heterocycles. The highest BCUT2D eigenvalue weighted by Crippen LogP contribution is 2.32. The summed E-state index contributed by atoms with van der Waals surface area (Å²) in [7, 11) is 1.90. The Morgan fingerprint density at radius 2 is 2.28 bits per heavy atom. The van der Waals surface area contributed by atoms with Gasteiger partial charge in [0.25, 0.3) is 0 Å². The SMILES string of the molecule is Cc1ccc2c(c1)CN(CC(=O)NCCc1cnn(C)c1)CC(c1ccsc1)O2. The third-order valence-corrected chi connectivity index (χ3v) is 5.78. The maximum Gasteiger partial charge on any atom is 0.234 e. The van der Waals surface area contributed by atoms with Crippen molar-refractivity contribution in [1.29, 1.82) is 0 Å². The second-order valence-electron chi connectivity index (χ2n) is 7.57. The van der Waals surface area contributed by atoms with Gasteiger partial charge in [-0.2, -0.15) is 16.4 Å². The molecule has 1 unspecified atom stereocenters. The van der Waals surface area contributed by atoms with Crippen molar-refractivity contribution in [2.75, 3.05) is 19.6 Å². The van der Waals surface area contributed by atoms with Crippen LogP contribution in [0.2, 0.25) is 0 Å². The van der Waals surface area contributed by atoms with E-state index in [0.29, 0.717) is 26.2 Å². The van der Waals surface area contributed by atoms with Gasteiger partial charge in [-0.15, -0.1) is 0 Å². The number of carbonyl (C=O) groups excluding carboxylic acids is 1. The lowest BCUT2D eigenvalue weighted by Crippen LogP contribution is -2.39. The number of thiophene rings is 1. The quantitative estimate of drug-likeness (QED) is 0.679. The number of benzene rings is 1. The number of rotatable bonds is 6. The van der Waals surface area contributed by atoms with Crippen LogP contribution in [0.15, 0.2) is 47.4 Å². The molecule has 1 aliphatic heterocycles. The summed E-state index contributed by atoms with van der Waals surface area (Å²) >= 11 is 1.67. The van der Waals surface area contributed by atoms with Crippen LogP contribution in [-0.2, 0) is 24.8 Å². The van der Waals surface area contributed by atoms with Crippen LogP contribution in [0, 0.1) is 6.92 Å². The van der Waals surface area contributed by atoms with Gasteiger partial charge in [-0.3, -0.25) is 14.4 Å². The lowest BCUT2D eigenvalue weighted by atomic mass is 10.1. The minimum Gasteiger partial charge on any atom is -0.484 e. The van der Waals surface area contributed by atoms with E-state index in [2.05, 4.69) is 51.2 Å². The zero-order valence-corrected chi connectivity index (χ0v) is 17.6. The number of hydrogen-bond acceptors (Lipinski definition) is 5. The molecule has 3 aromatic rings. The Morgan fingerprint density at radius 3 is 3.03 bits per heavy atom. The molecule has 29 heavy (non-hydrogen) atoms. The van der Waals surface area contributed by atoms with E-state index in [4.69, 9.17) is 4.74 Å². The van der Waals surface area contributed by atoms with E-state index in [1.165, 1.54) is 5.56 Å². The highest BCUT2D eigenvalue weighted by atomic mass is 32.1. The number of ether oxygens (including phenoxy) is 1.